The third-order valence-corrected chi connectivity index (χ3v) is 0.811. The lowest BCUT2D eigenvalue weighted by atomic mass is 10.7. The maximum absolute atomic E-state index is 10.5. The smallest absolute Gasteiger partial charge is 0.239 e. The number of hydrogen-bond acceptors (Lipinski definition) is 3. The SMILES string of the molecule is CN=CN(NC)C(C)=O. The molecule has 0 aliphatic rings. The molecule has 0 spiro atoms. The molecule has 0 radical (unpaired) electrons. The van der Waals surface area contributed by atoms with E-state index in [1.807, 2.05) is 0 Å². The van der Waals surface area contributed by atoms with Gasteiger partial charge in [-0.3, -0.25) is 9.79 Å². The molecule has 0 rings (SSSR count). The standard InChI is InChI=1S/C5H11N3O/c1-5(9)8(7-3)4-6-2/h4,7H,1-3H3. The van der Waals surface area contributed by atoms with Gasteiger partial charge in [0.25, 0.3) is 0 Å². The average Bonchev–Trinajstić information content (AvgIpc) is 1.82. The molecule has 0 aliphatic carbocycles. The van der Waals surface area contributed by atoms with Crippen LogP contribution in [0.2, 0.25) is 0 Å². The van der Waals surface area contributed by atoms with Crippen LogP contribution >= 0.6 is 0 Å². The van der Waals surface area contributed by atoms with E-state index in [0.717, 1.165) is 0 Å². The van der Waals surface area contributed by atoms with Crippen molar-refractivity contribution in [3.63, 3.8) is 0 Å². The van der Waals surface area contributed by atoms with Gasteiger partial charge in [0.05, 0.1) is 0 Å². The topological polar surface area (TPSA) is 44.7 Å². The van der Waals surface area contributed by atoms with Crippen LogP contribution < -0.4 is 5.43 Å². The Balaban J connectivity index is 3.83. The van der Waals surface area contributed by atoms with Crippen LogP contribution in [0, 0.1) is 0 Å². The van der Waals surface area contributed by atoms with Crippen molar-refractivity contribution in [1.82, 2.24) is 10.4 Å². The quantitative estimate of drug-likeness (QED) is 0.314. The minimum atomic E-state index is -0.0805. The van der Waals surface area contributed by atoms with Crippen molar-refractivity contribution >= 4 is 12.2 Å². The van der Waals surface area contributed by atoms with Gasteiger partial charge in [-0.25, -0.2) is 10.4 Å². The molecule has 0 fully saturated rings. The van der Waals surface area contributed by atoms with Gasteiger partial charge in [-0.1, -0.05) is 0 Å². The Labute approximate surface area is 54.5 Å². The van der Waals surface area contributed by atoms with Crippen molar-refractivity contribution < 1.29 is 4.79 Å². The molecule has 9 heavy (non-hydrogen) atoms. The number of hydrogen-bond donors (Lipinski definition) is 1. The first-order chi connectivity index (χ1) is 4.22. The van der Waals surface area contributed by atoms with E-state index in [2.05, 4.69) is 10.4 Å². The van der Waals surface area contributed by atoms with Gasteiger partial charge in [0.15, 0.2) is 0 Å². The molecule has 0 atom stereocenters. The largest absolute Gasteiger partial charge is 0.277 e. The van der Waals surface area contributed by atoms with Crippen molar-refractivity contribution in [2.45, 2.75) is 6.92 Å². The zero-order chi connectivity index (χ0) is 7.28. The van der Waals surface area contributed by atoms with Crippen molar-refractivity contribution in [3.8, 4) is 0 Å². The third kappa shape index (κ3) is 2.81. The zero-order valence-corrected chi connectivity index (χ0v) is 5.88. The highest BCUT2D eigenvalue weighted by Gasteiger charge is 1.98. The molecule has 1 amide bonds. The summed E-state index contributed by atoms with van der Waals surface area (Å²) in [7, 11) is 3.26. The second-order valence-corrected chi connectivity index (χ2v) is 1.49. The van der Waals surface area contributed by atoms with Crippen molar-refractivity contribution in [3.05, 3.63) is 0 Å². The summed E-state index contributed by atoms with van der Waals surface area (Å²) >= 11 is 0. The predicted molar refractivity (Wildman–Crippen MR) is 36.0 cm³/mol. The minimum Gasteiger partial charge on any atom is -0.277 e. The van der Waals surface area contributed by atoms with Gasteiger partial charge in [0.1, 0.15) is 6.34 Å². The highest BCUT2D eigenvalue weighted by molar-refractivity contribution is 5.84. The van der Waals surface area contributed by atoms with E-state index in [1.54, 1.807) is 14.1 Å². The first-order valence-electron chi connectivity index (χ1n) is 2.61. The molecule has 4 heteroatoms. The first-order valence-corrected chi connectivity index (χ1v) is 2.61. The number of carbonyl (C=O) groups is 1. The van der Waals surface area contributed by atoms with E-state index in [0.29, 0.717) is 0 Å². The van der Waals surface area contributed by atoms with Crippen LogP contribution in [-0.4, -0.2) is 31.3 Å². The average molecular weight is 129 g/mol. The number of hydrazine groups is 1. The zero-order valence-electron chi connectivity index (χ0n) is 5.88. The lowest BCUT2D eigenvalue weighted by Gasteiger charge is -2.11. The van der Waals surface area contributed by atoms with E-state index >= 15 is 0 Å². The molecule has 0 bridgehead atoms. The minimum absolute atomic E-state index is 0.0805. The Bertz CT molecular complexity index is 121. The fourth-order valence-electron chi connectivity index (χ4n) is 0.412. The van der Waals surface area contributed by atoms with Crippen LogP contribution in [0.4, 0.5) is 0 Å². The maximum atomic E-state index is 10.5. The molecular weight excluding hydrogens is 118 g/mol. The fraction of sp³-hybridized carbons (Fsp3) is 0.600. The fourth-order valence-corrected chi connectivity index (χ4v) is 0.412. The van der Waals surface area contributed by atoms with Gasteiger partial charge >= 0.3 is 0 Å². The number of aliphatic imine (C=N–C) groups is 1. The van der Waals surface area contributed by atoms with Gasteiger partial charge in [-0.15, -0.1) is 0 Å². The molecule has 0 heterocycles. The second-order valence-electron chi connectivity index (χ2n) is 1.49. The van der Waals surface area contributed by atoms with Gasteiger partial charge in [0, 0.05) is 21.0 Å². The van der Waals surface area contributed by atoms with Gasteiger partial charge in [-0.2, -0.15) is 0 Å². The summed E-state index contributed by atoms with van der Waals surface area (Å²) in [5, 5.41) is 1.29. The van der Waals surface area contributed by atoms with Crippen molar-refractivity contribution in [2.24, 2.45) is 4.99 Å². The summed E-state index contributed by atoms with van der Waals surface area (Å²) in [6, 6.07) is 0. The van der Waals surface area contributed by atoms with Gasteiger partial charge in [-0.05, 0) is 0 Å². The first kappa shape index (κ1) is 8.10. The van der Waals surface area contributed by atoms with E-state index in [1.165, 1.54) is 18.3 Å². The Morgan fingerprint density at radius 1 is 1.78 bits per heavy atom. The molecule has 0 saturated carbocycles. The van der Waals surface area contributed by atoms with Gasteiger partial charge in [0.2, 0.25) is 5.91 Å². The number of nitrogens with zero attached hydrogens (tertiary/aromatic N) is 2. The number of carbonyl (C=O) groups excluding carboxylic acids is 1. The summed E-state index contributed by atoms with van der Waals surface area (Å²) in [5.41, 5.74) is 2.64. The number of rotatable bonds is 2. The van der Waals surface area contributed by atoms with Crippen LogP contribution in [0.1, 0.15) is 6.92 Å². The molecule has 52 valence electrons. The molecule has 0 aromatic rings. The molecule has 0 unspecified atom stereocenters. The predicted octanol–water partition coefficient (Wildman–Crippen LogP) is -0.373. The molecular formula is C5H11N3O. The lowest BCUT2D eigenvalue weighted by Crippen LogP contribution is -2.37. The van der Waals surface area contributed by atoms with Crippen LogP contribution in [0.3, 0.4) is 0 Å². The molecule has 0 aromatic carbocycles. The van der Waals surface area contributed by atoms with E-state index < -0.39 is 0 Å². The highest BCUT2D eigenvalue weighted by Crippen LogP contribution is 1.74. The van der Waals surface area contributed by atoms with E-state index in [4.69, 9.17) is 0 Å². The Morgan fingerprint density at radius 3 is 2.44 bits per heavy atom. The van der Waals surface area contributed by atoms with Crippen LogP contribution in [0.15, 0.2) is 4.99 Å². The van der Waals surface area contributed by atoms with E-state index in [-0.39, 0.29) is 5.91 Å². The summed E-state index contributed by atoms with van der Waals surface area (Å²) < 4.78 is 0. The van der Waals surface area contributed by atoms with Crippen molar-refractivity contribution in [1.29, 1.82) is 0 Å². The summed E-state index contributed by atoms with van der Waals surface area (Å²) in [4.78, 5) is 14.2. The third-order valence-electron chi connectivity index (χ3n) is 0.811. The molecule has 0 aromatic heterocycles. The molecule has 4 nitrogen and oxygen atoms in total. The summed E-state index contributed by atoms with van der Waals surface area (Å²) in [5.74, 6) is -0.0805. The normalized spacial score (nSPS) is 10.1. The summed E-state index contributed by atoms with van der Waals surface area (Å²) in [6.07, 6.45) is 1.42. The Morgan fingerprint density at radius 2 is 2.33 bits per heavy atom. The van der Waals surface area contributed by atoms with Gasteiger partial charge < -0.3 is 0 Å². The van der Waals surface area contributed by atoms with Crippen LogP contribution in [0.25, 0.3) is 0 Å². The lowest BCUT2D eigenvalue weighted by molar-refractivity contribution is -0.126. The Hall–Kier alpha value is -0.900. The second kappa shape index (κ2) is 4.03. The maximum Gasteiger partial charge on any atom is 0.239 e. The van der Waals surface area contributed by atoms with Crippen LogP contribution in [0.5, 0.6) is 0 Å². The number of nitrogens with one attached hydrogen (secondary N) is 1. The molecule has 0 saturated heterocycles. The van der Waals surface area contributed by atoms with Crippen LogP contribution in [-0.2, 0) is 4.79 Å². The Kier molecular flexibility index (Phi) is 3.62. The molecule has 1 N–H and O–H groups in total. The highest BCUT2D eigenvalue weighted by atomic mass is 16.2. The monoisotopic (exact) mass is 129 g/mol. The summed E-state index contributed by atoms with van der Waals surface area (Å²) in [6.45, 7) is 1.46. The molecule has 0 aliphatic heterocycles. The van der Waals surface area contributed by atoms with E-state index in [9.17, 15) is 4.79 Å². The van der Waals surface area contributed by atoms with Crippen molar-refractivity contribution in [2.75, 3.05) is 14.1 Å². The number of amides is 1.